The topological polar surface area (TPSA) is 50.1 Å². The van der Waals surface area contributed by atoms with Crippen LogP contribution in [-0.2, 0) is 16.0 Å². The Morgan fingerprint density at radius 1 is 1.05 bits per heavy atom. The Morgan fingerprint density at radius 3 is 2.29 bits per heavy atom. The van der Waals surface area contributed by atoms with Gasteiger partial charge in [-0.3, -0.25) is 0 Å². The normalized spacial score (nSPS) is 10.7. The highest BCUT2D eigenvalue weighted by Gasteiger charge is 2.10. The van der Waals surface area contributed by atoms with Crippen LogP contribution in [0.15, 0.2) is 66.2 Å². The maximum Gasteiger partial charge on any atom is 0.348 e. The Hall–Kier alpha value is -2.86. The summed E-state index contributed by atoms with van der Waals surface area (Å²) in [5.41, 5.74) is 1.90. The molecule has 0 heterocycles. The Balaban J connectivity index is 1.92. The summed E-state index contributed by atoms with van der Waals surface area (Å²) >= 11 is 0. The molecule has 0 atom stereocenters. The van der Waals surface area contributed by atoms with E-state index >= 15 is 0 Å². The molecular weight excluding hydrogens is 262 g/mol. The van der Waals surface area contributed by atoms with Gasteiger partial charge in [0.25, 0.3) is 0 Å². The minimum absolute atomic E-state index is 0.00858. The smallest absolute Gasteiger partial charge is 0.348 e. The number of carbonyl (C=O) groups excluding carboxylic acids is 1. The van der Waals surface area contributed by atoms with Gasteiger partial charge in [0.1, 0.15) is 11.6 Å². The molecule has 3 heteroatoms. The molecule has 104 valence electrons. The number of nitriles is 1. The number of hydrogen-bond donors (Lipinski definition) is 0. The van der Waals surface area contributed by atoms with Crippen LogP contribution in [0.2, 0.25) is 0 Å². The number of esters is 1. The Morgan fingerprint density at radius 2 is 1.67 bits per heavy atom. The fourth-order valence-electron chi connectivity index (χ4n) is 1.84. The molecule has 0 N–H and O–H groups in total. The highest BCUT2D eigenvalue weighted by atomic mass is 16.5. The first-order valence-electron chi connectivity index (χ1n) is 6.67. The van der Waals surface area contributed by atoms with Crippen molar-refractivity contribution in [1.82, 2.24) is 0 Å². The summed E-state index contributed by atoms with van der Waals surface area (Å²) in [7, 11) is 0. The largest absolute Gasteiger partial charge is 0.461 e. The van der Waals surface area contributed by atoms with Crippen molar-refractivity contribution in [2.24, 2.45) is 0 Å². The third kappa shape index (κ3) is 4.63. The van der Waals surface area contributed by atoms with E-state index < -0.39 is 5.97 Å². The lowest BCUT2D eigenvalue weighted by atomic mass is 10.1. The van der Waals surface area contributed by atoms with Crippen molar-refractivity contribution in [3.8, 4) is 6.07 Å². The minimum atomic E-state index is -0.586. The van der Waals surface area contributed by atoms with Gasteiger partial charge in [-0.1, -0.05) is 60.7 Å². The van der Waals surface area contributed by atoms with Gasteiger partial charge in [0.15, 0.2) is 0 Å². The average Bonchev–Trinajstić information content (AvgIpc) is 2.54. The van der Waals surface area contributed by atoms with Gasteiger partial charge in [0.05, 0.1) is 6.61 Å². The van der Waals surface area contributed by atoms with Crippen molar-refractivity contribution >= 4 is 12.0 Å². The van der Waals surface area contributed by atoms with Crippen LogP contribution in [0.1, 0.15) is 11.1 Å². The molecule has 0 aliphatic heterocycles. The third-order valence-corrected chi connectivity index (χ3v) is 2.92. The van der Waals surface area contributed by atoms with Crippen molar-refractivity contribution in [2.75, 3.05) is 6.61 Å². The predicted molar refractivity (Wildman–Crippen MR) is 81.1 cm³/mol. The molecule has 2 aromatic rings. The van der Waals surface area contributed by atoms with Crippen LogP contribution < -0.4 is 0 Å². The lowest BCUT2D eigenvalue weighted by molar-refractivity contribution is -0.138. The lowest BCUT2D eigenvalue weighted by Crippen LogP contribution is -2.09. The molecule has 0 saturated carbocycles. The molecule has 0 amide bonds. The van der Waals surface area contributed by atoms with Crippen LogP contribution in [0, 0.1) is 11.3 Å². The fraction of sp³-hybridized carbons (Fsp3) is 0.111. The van der Waals surface area contributed by atoms with E-state index in [-0.39, 0.29) is 12.2 Å². The summed E-state index contributed by atoms with van der Waals surface area (Å²) in [5.74, 6) is -0.586. The standard InChI is InChI=1S/C18H15NO2/c19-14-17(13-16-9-5-2-6-10-16)18(20)21-12-11-15-7-3-1-4-8-15/h1-10,13H,11-12H2. The Bertz CT molecular complexity index is 655. The number of benzene rings is 2. The SMILES string of the molecule is N#CC(=Cc1ccccc1)C(=O)OCCc1ccccc1. The maximum atomic E-state index is 11.9. The van der Waals surface area contributed by atoms with Crippen molar-refractivity contribution < 1.29 is 9.53 Å². The molecule has 0 bridgehead atoms. The zero-order valence-electron chi connectivity index (χ0n) is 11.5. The van der Waals surface area contributed by atoms with Crippen LogP contribution in [-0.4, -0.2) is 12.6 Å². The molecule has 0 spiro atoms. The van der Waals surface area contributed by atoms with Crippen molar-refractivity contribution in [3.05, 3.63) is 77.4 Å². The molecule has 2 rings (SSSR count). The monoisotopic (exact) mass is 277 g/mol. The Labute approximate surface area is 124 Å². The molecular formula is C18H15NO2. The number of nitrogens with zero attached hydrogens (tertiary/aromatic N) is 1. The van der Waals surface area contributed by atoms with E-state index in [1.165, 1.54) is 6.08 Å². The van der Waals surface area contributed by atoms with E-state index in [0.717, 1.165) is 11.1 Å². The number of rotatable bonds is 5. The first-order valence-corrected chi connectivity index (χ1v) is 6.67. The third-order valence-electron chi connectivity index (χ3n) is 2.92. The van der Waals surface area contributed by atoms with E-state index in [0.29, 0.717) is 6.42 Å². The first-order chi connectivity index (χ1) is 10.3. The van der Waals surface area contributed by atoms with Gasteiger partial charge in [0.2, 0.25) is 0 Å². The average molecular weight is 277 g/mol. The second-order valence-corrected chi connectivity index (χ2v) is 4.45. The molecule has 0 aliphatic rings. The molecule has 0 aliphatic carbocycles. The second-order valence-electron chi connectivity index (χ2n) is 4.45. The zero-order chi connectivity index (χ0) is 14.9. The van der Waals surface area contributed by atoms with Gasteiger partial charge < -0.3 is 4.74 Å². The van der Waals surface area contributed by atoms with E-state index in [1.807, 2.05) is 66.7 Å². The molecule has 21 heavy (non-hydrogen) atoms. The van der Waals surface area contributed by atoms with E-state index in [1.54, 1.807) is 0 Å². The fourth-order valence-corrected chi connectivity index (χ4v) is 1.84. The summed E-state index contributed by atoms with van der Waals surface area (Å²) in [6, 6.07) is 20.9. The van der Waals surface area contributed by atoms with E-state index in [9.17, 15) is 4.79 Å². The number of hydrogen-bond acceptors (Lipinski definition) is 3. The number of carbonyl (C=O) groups is 1. The van der Waals surface area contributed by atoms with Crippen LogP contribution in [0.3, 0.4) is 0 Å². The van der Waals surface area contributed by atoms with Crippen molar-refractivity contribution in [2.45, 2.75) is 6.42 Å². The molecule has 0 aromatic heterocycles. The molecule has 0 radical (unpaired) electrons. The first kappa shape index (κ1) is 14.5. The van der Waals surface area contributed by atoms with Crippen molar-refractivity contribution in [3.63, 3.8) is 0 Å². The summed E-state index contributed by atoms with van der Waals surface area (Å²) in [6.07, 6.45) is 2.17. The maximum absolute atomic E-state index is 11.9. The van der Waals surface area contributed by atoms with Gasteiger partial charge in [-0.2, -0.15) is 5.26 Å². The van der Waals surface area contributed by atoms with Gasteiger partial charge in [-0.15, -0.1) is 0 Å². The molecule has 3 nitrogen and oxygen atoms in total. The summed E-state index contributed by atoms with van der Waals surface area (Å²) in [4.78, 5) is 11.9. The van der Waals surface area contributed by atoms with E-state index in [2.05, 4.69) is 0 Å². The highest BCUT2D eigenvalue weighted by Crippen LogP contribution is 2.08. The molecule has 0 unspecified atom stereocenters. The van der Waals surface area contributed by atoms with Gasteiger partial charge in [-0.25, -0.2) is 4.79 Å². The number of ether oxygens (including phenoxy) is 1. The van der Waals surface area contributed by atoms with Gasteiger partial charge >= 0.3 is 5.97 Å². The second kappa shape index (κ2) is 7.66. The minimum Gasteiger partial charge on any atom is -0.461 e. The molecule has 0 saturated heterocycles. The summed E-state index contributed by atoms with van der Waals surface area (Å²) in [6.45, 7) is 0.261. The van der Waals surface area contributed by atoms with Crippen LogP contribution >= 0.6 is 0 Å². The lowest BCUT2D eigenvalue weighted by Gasteiger charge is -2.04. The van der Waals surface area contributed by atoms with Gasteiger partial charge in [-0.05, 0) is 17.2 Å². The molecule has 2 aromatic carbocycles. The predicted octanol–water partition coefficient (Wildman–Crippen LogP) is 3.38. The van der Waals surface area contributed by atoms with Gasteiger partial charge in [0, 0.05) is 6.42 Å². The quantitative estimate of drug-likeness (QED) is 0.478. The van der Waals surface area contributed by atoms with E-state index in [4.69, 9.17) is 10.00 Å². The highest BCUT2D eigenvalue weighted by molar-refractivity contribution is 5.97. The van der Waals surface area contributed by atoms with Crippen molar-refractivity contribution in [1.29, 1.82) is 5.26 Å². The van der Waals surface area contributed by atoms with Crippen LogP contribution in [0.5, 0.6) is 0 Å². The van der Waals surface area contributed by atoms with Crippen LogP contribution in [0.4, 0.5) is 0 Å². The molecule has 0 fully saturated rings. The zero-order valence-corrected chi connectivity index (χ0v) is 11.5. The summed E-state index contributed by atoms with van der Waals surface area (Å²) < 4.78 is 5.14. The Kier molecular flexibility index (Phi) is 5.31. The van der Waals surface area contributed by atoms with Crippen LogP contribution in [0.25, 0.3) is 6.08 Å². The summed E-state index contributed by atoms with van der Waals surface area (Å²) in [5, 5.41) is 9.06.